The van der Waals surface area contributed by atoms with E-state index in [9.17, 15) is 19.7 Å². The zero-order valence-electron chi connectivity index (χ0n) is 15.4. The van der Waals surface area contributed by atoms with E-state index in [1.165, 1.54) is 13.2 Å². The first kappa shape index (κ1) is 21.2. The number of benzene rings is 1. The highest BCUT2D eigenvalue weighted by Crippen LogP contribution is 2.35. The van der Waals surface area contributed by atoms with Crippen LogP contribution in [0.15, 0.2) is 12.1 Å². The molecule has 144 valence electrons. The minimum Gasteiger partial charge on any atom is -0.493 e. The monoisotopic (exact) mass is 368 g/mol. The number of hydrogen-bond donors (Lipinski definition) is 1. The number of ether oxygens (including phenoxy) is 3. The highest BCUT2D eigenvalue weighted by molar-refractivity contribution is 5.96. The van der Waals surface area contributed by atoms with Crippen LogP contribution in [0.25, 0.3) is 0 Å². The number of hydrogen-bond acceptors (Lipinski definition) is 7. The average Bonchev–Trinajstić information content (AvgIpc) is 2.59. The number of methoxy groups -OCH3 is 1. The maximum absolute atomic E-state index is 12.2. The molecule has 1 amide bonds. The van der Waals surface area contributed by atoms with Crippen LogP contribution >= 0.6 is 0 Å². The normalized spacial score (nSPS) is 10.3. The Hall–Kier alpha value is -2.84. The third kappa shape index (κ3) is 6.23. The standard InChI is InChI=1S/C17H24N2O7/c1-5-25-15-8-12(13(19(22)23)9-14(15)24-4)17(21)26-10-16(20)18-7-6-11(2)3/h8-9,11H,5-7,10H2,1-4H3,(H,18,20). The molecule has 1 N–H and O–H groups in total. The quantitative estimate of drug-likeness (QED) is 0.382. The largest absolute Gasteiger partial charge is 0.493 e. The lowest BCUT2D eigenvalue weighted by Crippen LogP contribution is -2.30. The van der Waals surface area contributed by atoms with E-state index < -0.39 is 29.1 Å². The SMILES string of the molecule is CCOc1cc(C(=O)OCC(=O)NCCC(C)C)c([N+](=O)[O-])cc1OC. The second-order valence-corrected chi connectivity index (χ2v) is 5.82. The highest BCUT2D eigenvalue weighted by Gasteiger charge is 2.26. The van der Waals surface area contributed by atoms with Gasteiger partial charge in [0.25, 0.3) is 11.6 Å². The maximum atomic E-state index is 12.2. The second kappa shape index (κ2) is 10.2. The van der Waals surface area contributed by atoms with Crippen molar-refractivity contribution < 1.29 is 28.7 Å². The molecule has 1 aromatic carbocycles. The molecule has 0 spiro atoms. The number of amides is 1. The van der Waals surface area contributed by atoms with Crippen molar-refractivity contribution in [3.05, 3.63) is 27.8 Å². The summed E-state index contributed by atoms with van der Waals surface area (Å²) in [6.07, 6.45) is 0.793. The molecule has 0 heterocycles. The van der Waals surface area contributed by atoms with Crippen molar-refractivity contribution >= 4 is 17.6 Å². The van der Waals surface area contributed by atoms with E-state index in [1.807, 2.05) is 13.8 Å². The Morgan fingerprint density at radius 2 is 1.96 bits per heavy atom. The van der Waals surface area contributed by atoms with Gasteiger partial charge in [-0.15, -0.1) is 0 Å². The molecule has 0 unspecified atom stereocenters. The van der Waals surface area contributed by atoms with E-state index in [-0.39, 0.29) is 23.7 Å². The number of nitro groups is 1. The molecular formula is C17H24N2O7. The molecule has 0 saturated heterocycles. The molecule has 0 aliphatic rings. The van der Waals surface area contributed by atoms with Crippen LogP contribution in [0.4, 0.5) is 5.69 Å². The number of rotatable bonds is 10. The van der Waals surface area contributed by atoms with Gasteiger partial charge in [0.05, 0.1) is 24.7 Å². The molecule has 0 saturated carbocycles. The molecular weight excluding hydrogens is 344 g/mol. The van der Waals surface area contributed by atoms with Gasteiger partial charge in [-0.2, -0.15) is 0 Å². The lowest BCUT2D eigenvalue weighted by Gasteiger charge is -2.12. The van der Waals surface area contributed by atoms with Gasteiger partial charge >= 0.3 is 5.97 Å². The average molecular weight is 368 g/mol. The summed E-state index contributed by atoms with van der Waals surface area (Å²) in [4.78, 5) is 34.4. The highest BCUT2D eigenvalue weighted by atomic mass is 16.6. The Morgan fingerprint density at radius 1 is 1.27 bits per heavy atom. The van der Waals surface area contributed by atoms with Crippen LogP contribution in [-0.2, 0) is 9.53 Å². The third-order valence-corrected chi connectivity index (χ3v) is 3.38. The van der Waals surface area contributed by atoms with Crippen molar-refractivity contribution in [3.8, 4) is 11.5 Å². The summed E-state index contributed by atoms with van der Waals surface area (Å²) in [5.74, 6) is -0.730. The number of nitro benzene ring substituents is 1. The number of nitrogens with zero attached hydrogens (tertiary/aromatic N) is 1. The van der Waals surface area contributed by atoms with Crippen molar-refractivity contribution in [2.75, 3.05) is 26.9 Å². The lowest BCUT2D eigenvalue weighted by molar-refractivity contribution is -0.385. The Balaban J connectivity index is 2.88. The van der Waals surface area contributed by atoms with Crippen molar-refractivity contribution in [2.24, 2.45) is 5.92 Å². The van der Waals surface area contributed by atoms with Crippen LogP contribution in [-0.4, -0.2) is 43.7 Å². The first-order valence-corrected chi connectivity index (χ1v) is 8.23. The molecule has 9 heteroatoms. The smallest absolute Gasteiger partial charge is 0.345 e. The van der Waals surface area contributed by atoms with Crippen molar-refractivity contribution in [2.45, 2.75) is 27.2 Å². The van der Waals surface area contributed by atoms with Crippen LogP contribution < -0.4 is 14.8 Å². The van der Waals surface area contributed by atoms with E-state index in [4.69, 9.17) is 14.2 Å². The van der Waals surface area contributed by atoms with Crippen LogP contribution in [0, 0.1) is 16.0 Å². The van der Waals surface area contributed by atoms with Crippen molar-refractivity contribution in [1.82, 2.24) is 5.32 Å². The first-order chi connectivity index (χ1) is 12.3. The Labute approximate surface area is 151 Å². The topological polar surface area (TPSA) is 117 Å². The fourth-order valence-corrected chi connectivity index (χ4v) is 2.05. The Kier molecular flexibility index (Phi) is 8.33. The zero-order valence-corrected chi connectivity index (χ0v) is 15.4. The Morgan fingerprint density at radius 3 is 2.50 bits per heavy atom. The molecule has 0 aliphatic carbocycles. The van der Waals surface area contributed by atoms with Gasteiger partial charge in [0, 0.05) is 12.6 Å². The summed E-state index contributed by atoms with van der Waals surface area (Å²) >= 11 is 0. The van der Waals surface area contributed by atoms with Gasteiger partial charge in [-0.3, -0.25) is 14.9 Å². The van der Waals surface area contributed by atoms with E-state index in [1.54, 1.807) is 6.92 Å². The zero-order chi connectivity index (χ0) is 19.7. The van der Waals surface area contributed by atoms with Crippen molar-refractivity contribution in [1.29, 1.82) is 0 Å². The lowest BCUT2D eigenvalue weighted by atomic mass is 10.1. The van der Waals surface area contributed by atoms with Crippen LogP contribution in [0.1, 0.15) is 37.6 Å². The van der Waals surface area contributed by atoms with E-state index in [2.05, 4.69) is 5.32 Å². The predicted octanol–water partition coefficient (Wildman–Crippen LogP) is 2.32. The summed E-state index contributed by atoms with van der Waals surface area (Å²) < 4.78 is 15.3. The van der Waals surface area contributed by atoms with Crippen LogP contribution in [0.5, 0.6) is 11.5 Å². The van der Waals surface area contributed by atoms with Gasteiger partial charge in [-0.25, -0.2) is 4.79 Å². The van der Waals surface area contributed by atoms with Crippen molar-refractivity contribution in [3.63, 3.8) is 0 Å². The molecule has 26 heavy (non-hydrogen) atoms. The van der Waals surface area contributed by atoms with Gasteiger partial charge in [0.15, 0.2) is 18.1 Å². The number of carbonyl (C=O) groups excluding carboxylic acids is 2. The summed E-state index contributed by atoms with van der Waals surface area (Å²) in [7, 11) is 1.33. The molecule has 0 bridgehead atoms. The number of nitrogens with one attached hydrogen (secondary N) is 1. The molecule has 0 aromatic heterocycles. The van der Waals surface area contributed by atoms with Gasteiger partial charge < -0.3 is 19.5 Å². The summed E-state index contributed by atoms with van der Waals surface area (Å²) in [6.45, 7) is 5.98. The van der Waals surface area contributed by atoms with E-state index >= 15 is 0 Å². The van der Waals surface area contributed by atoms with E-state index in [0.29, 0.717) is 12.5 Å². The molecule has 1 rings (SSSR count). The maximum Gasteiger partial charge on any atom is 0.345 e. The van der Waals surface area contributed by atoms with Gasteiger partial charge in [-0.05, 0) is 19.3 Å². The fraction of sp³-hybridized carbons (Fsp3) is 0.529. The van der Waals surface area contributed by atoms with E-state index in [0.717, 1.165) is 12.5 Å². The molecule has 0 atom stereocenters. The van der Waals surface area contributed by atoms with Crippen LogP contribution in [0.2, 0.25) is 0 Å². The number of carbonyl (C=O) groups is 2. The molecule has 9 nitrogen and oxygen atoms in total. The van der Waals surface area contributed by atoms with Crippen LogP contribution in [0.3, 0.4) is 0 Å². The molecule has 1 aromatic rings. The molecule has 0 radical (unpaired) electrons. The Bertz CT molecular complexity index is 659. The van der Waals surface area contributed by atoms with Gasteiger partial charge in [0.2, 0.25) is 0 Å². The first-order valence-electron chi connectivity index (χ1n) is 8.23. The fourth-order valence-electron chi connectivity index (χ4n) is 2.05. The predicted molar refractivity (Wildman–Crippen MR) is 93.6 cm³/mol. The second-order valence-electron chi connectivity index (χ2n) is 5.82. The summed E-state index contributed by atoms with van der Waals surface area (Å²) in [5.41, 5.74) is -0.801. The number of esters is 1. The molecule has 0 fully saturated rings. The minimum atomic E-state index is -0.987. The van der Waals surface area contributed by atoms with Gasteiger partial charge in [0.1, 0.15) is 5.56 Å². The van der Waals surface area contributed by atoms with Gasteiger partial charge in [-0.1, -0.05) is 13.8 Å². The summed E-state index contributed by atoms with van der Waals surface area (Å²) in [5, 5.41) is 13.8. The summed E-state index contributed by atoms with van der Waals surface area (Å²) in [6, 6.07) is 2.27. The third-order valence-electron chi connectivity index (χ3n) is 3.38. The minimum absolute atomic E-state index is 0.126. The molecule has 0 aliphatic heterocycles.